The quantitative estimate of drug-likeness (QED) is 0.356. The average molecular weight is 248 g/mol. The van der Waals surface area contributed by atoms with Gasteiger partial charge in [-0.1, -0.05) is 0 Å². The zero-order chi connectivity index (χ0) is 11.1. The molecule has 0 bridgehead atoms. The first-order chi connectivity index (χ1) is 6.17. The molecule has 0 amide bonds. The van der Waals surface area contributed by atoms with Crippen LogP contribution in [0.4, 0.5) is 4.39 Å². The Hall–Kier alpha value is -1.23. The zero-order valence-electron chi connectivity index (χ0n) is 6.04. The first-order valence-corrected chi connectivity index (χ1v) is 5.70. The van der Waals surface area contributed by atoms with Gasteiger partial charge in [0.15, 0.2) is 0 Å². The summed E-state index contributed by atoms with van der Waals surface area (Å²) in [5.74, 6) is -4.23. The summed E-state index contributed by atoms with van der Waals surface area (Å²) in [4.78, 5) is 17.1. The molecule has 1 saturated heterocycles. The standard InChI is InChI=1S/C3HFO8S2/c4-3-13(7,8)11-1(5)2(6)12-14(3,9)10/h3H. The van der Waals surface area contributed by atoms with Crippen molar-refractivity contribution in [3.05, 3.63) is 0 Å². The molecule has 0 atom stereocenters. The van der Waals surface area contributed by atoms with Crippen LogP contribution in [0.3, 0.4) is 0 Å². The number of hydrogen-bond acceptors (Lipinski definition) is 8. The van der Waals surface area contributed by atoms with E-state index in [2.05, 4.69) is 8.37 Å². The molecule has 0 aromatic carbocycles. The summed E-state index contributed by atoms with van der Waals surface area (Å²) in [5, 5.41) is 0. The highest BCUT2D eigenvalue weighted by Crippen LogP contribution is 2.19. The topological polar surface area (TPSA) is 121 Å². The Bertz CT molecular complexity index is 439. The normalized spacial score (nSPS) is 26.1. The van der Waals surface area contributed by atoms with E-state index in [0.717, 1.165) is 0 Å². The number of hydrogen-bond donors (Lipinski definition) is 0. The van der Waals surface area contributed by atoms with E-state index in [0.29, 0.717) is 0 Å². The van der Waals surface area contributed by atoms with Crippen LogP contribution in [0.5, 0.6) is 0 Å². The molecule has 0 spiro atoms. The molecule has 8 nitrogen and oxygen atoms in total. The lowest BCUT2D eigenvalue weighted by Gasteiger charge is -2.01. The third-order valence-corrected chi connectivity index (χ3v) is 4.09. The summed E-state index contributed by atoms with van der Waals surface area (Å²) in [6.07, 6.45) is 0. The van der Waals surface area contributed by atoms with Gasteiger partial charge < -0.3 is 8.37 Å². The molecule has 0 N–H and O–H groups in total. The van der Waals surface area contributed by atoms with E-state index >= 15 is 0 Å². The van der Waals surface area contributed by atoms with Gasteiger partial charge in [-0.2, -0.15) is 16.8 Å². The van der Waals surface area contributed by atoms with Gasteiger partial charge in [0.25, 0.3) is 0 Å². The van der Waals surface area contributed by atoms with Crippen LogP contribution in [0.1, 0.15) is 0 Å². The molecule has 14 heavy (non-hydrogen) atoms. The number of carbonyl (C=O) groups is 2. The van der Waals surface area contributed by atoms with Crippen LogP contribution in [-0.4, -0.2) is 33.6 Å². The molecule has 1 heterocycles. The molecular formula is C3HFO8S2. The monoisotopic (exact) mass is 248 g/mol. The smallest absolute Gasteiger partial charge is 0.333 e. The Labute approximate surface area is 76.8 Å². The number of carbonyl (C=O) groups excluding carboxylic acids is 2. The molecule has 0 aromatic rings. The van der Waals surface area contributed by atoms with Gasteiger partial charge in [-0.05, 0) is 0 Å². The van der Waals surface area contributed by atoms with Crippen molar-refractivity contribution in [1.82, 2.24) is 0 Å². The minimum atomic E-state index is -5.34. The molecule has 0 saturated carbocycles. The third kappa shape index (κ3) is 1.68. The maximum atomic E-state index is 12.6. The molecule has 0 aromatic heterocycles. The maximum absolute atomic E-state index is 12.6. The summed E-state index contributed by atoms with van der Waals surface area (Å²) < 4.78 is 61.3. The SMILES string of the molecule is O=C1OS(=O)(=O)C(F)S(=O)(=O)OC1=O. The Kier molecular flexibility index (Phi) is 2.23. The minimum absolute atomic E-state index is 2.12. The largest absolute Gasteiger partial charge is 0.434 e. The van der Waals surface area contributed by atoms with Gasteiger partial charge in [-0.15, -0.1) is 0 Å². The van der Waals surface area contributed by atoms with E-state index in [1.807, 2.05) is 0 Å². The van der Waals surface area contributed by atoms with Crippen molar-refractivity contribution in [3.8, 4) is 0 Å². The molecule has 1 aliphatic heterocycles. The first kappa shape index (κ1) is 10.8. The number of halogens is 1. The van der Waals surface area contributed by atoms with Gasteiger partial charge in [0, 0.05) is 0 Å². The number of rotatable bonds is 0. The molecule has 1 rings (SSSR count). The summed E-state index contributed by atoms with van der Waals surface area (Å²) in [6.45, 7) is 0. The second-order valence-electron chi connectivity index (χ2n) is 2.00. The number of alkyl halides is 1. The highest BCUT2D eigenvalue weighted by atomic mass is 32.3. The summed E-state index contributed by atoms with van der Waals surface area (Å²) >= 11 is 0. The van der Waals surface area contributed by atoms with Crippen LogP contribution in [-0.2, 0) is 38.2 Å². The third-order valence-electron chi connectivity index (χ3n) is 1.00. The molecule has 1 fully saturated rings. The van der Waals surface area contributed by atoms with Crippen LogP contribution in [0, 0.1) is 0 Å². The fourth-order valence-electron chi connectivity index (χ4n) is 0.499. The Morgan fingerprint density at radius 1 is 0.929 bits per heavy atom. The average Bonchev–Trinajstić information content (AvgIpc) is 2.03. The second kappa shape index (κ2) is 2.88. The minimum Gasteiger partial charge on any atom is -0.333 e. The predicted octanol–water partition coefficient (Wildman–Crippen LogP) is -2.00. The Morgan fingerprint density at radius 3 is 1.50 bits per heavy atom. The lowest BCUT2D eigenvalue weighted by Crippen LogP contribution is -2.26. The molecule has 0 radical (unpaired) electrons. The Balaban J connectivity index is 3.38. The summed E-state index contributed by atoms with van der Waals surface area (Å²) in [5.41, 5.74) is 0. The van der Waals surface area contributed by atoms with Gasteiger partial charge in [-0.25, -0.2) is 14.0 Å². The van der Waals surface area contributed by atoms with Crippen molar-refractivity contribution in [2.75, 3.05) is 0 Å². The molecule has 0 aliphatic carbocycles. The fraction of sp³-hybridized carbons (Fsp3) is 0.333. The molecule has 0 unspecified atom stereocenters. The van der Waals surface area contributed by atoms with Crippen molar-refractivity contribution in [1.29, 1.82) is 0 Å². The lowest BCUT2D eigenvalue weighted by atomic mass is 10.7. The van der Waals surface area contributed by atoms with Crippen molar-refractivity contribution >= 4 is 32.2 Å². The first-order valence-electron chi connectivity index (χ1n) is 2.76. The summed E-state index contributed by atoms with van der Waals surface area (Å²) in [7, 11) is -10.7. The van der Waals surface area contributed by atoms with E-state index < -0.39 is 37.0 Å². The van der Waals surface area contributed by atoms with Crippen molar-refractivity contribution in [3.63, 3.8) is 0 Å². The van der Waals surface area contributed by atoms with Crippen LogP contribution in [0.15, 0.2) is 0 Å². The van der Waals surface area contributed by atoms with Crippen LogP contribution in [0.25, 0.3) is 0 Å². The zero-order valence-corrected chi connectivity index (χ0v) is 7.67. The van der Waals surface area contributed by atoms with E-state index in [9.17, 15) is 30.8 Å². The van der Waals surface area contributed by atoms with Crippen molar-refractivity contribution < 1.29 is 39.2 Å². The second-order valence-corrected chi connectivity index (χ2v) is 5.43. The highest BCUT2D eigenvalue weighted by Gasteiger charge is 2.49. The predicted molar refractivity (Wildman–Crippen MR) is 34.9 cm³/mol. The van der Waals surface area contributed by atoms with Crippen LogP contribution in [0.2, 0.25) is 0 Å². The Morgan fingerprint density at radius 2 is 1.21 bits per heavy atom. The van der Waals surface area contributed by atoms with Gasteiger partial charge in [-0.3, -0.25) is 0 Å². The van der Waals surface area contributed by atoms with E-state index in [1.54, 1.807) is 0 Å². The fourth-order valence-corrected chi connectivity index (χ4v) is 2.60. The van der Waals surface area contributed by atoms with E-state index in [1.165, 1.54) is 0 Å². The molecule has 11 heteroatoms. The van der Waals surface area contributed by atoms with Gasteiger partial charge in [0.05, 0.1) is 0 Å². The van der Waals surface area contributed by atoms with Crippen LogP contribution >= 0.6 is 0 Å². The van der Waals surface area contributed by atoms with Crippen molar-refractivity contribution in [2.24, 2.45) is 0 Å². The molecular weight excluding hydrogens is 247 g/mol. The van der Waals surface area contributed by atoms with E-state index in [4.69, 9.17) is 0 Å². The maximum Gasteiger partial charge on any atom is 0.434 e. The van der Waals surface area contributed by atoms with Gasteiger partial charge >= 0.3 is 37.0 Å². The van der Waals surface area contributed by atoms with Gasteiger partial charge in [0.2, 0.25) is 0 Å². The molecule has 80 valence electrons. The lowest BCUT2D eigenvalue weighted by molar-refractivity contribution is -0.155. The highest BCUT2D eigenvalue weighted by molar-refractivity contribution is 8.05. The van der Waals surface area contributed by atoms with Crippen LogP contribution < -0.4 is 0 Å². The van der Waals surface area contributed by atoms with Crippen molar-refractivity contribution in [2.45, 2.75) is 4.84 Å². The van der Waals surface area contributed by atoms with Gasteiger partial charge in [0.1, 0.15) is 0 Å². The molecule has 1 aliphatic rings. The summed E-state index contributed by atoms with van der Waals surface area (Å²) in [6, 6.07) is 0. The van der Waals surface area contributed by atoms with E-state index in [-0.39, 0.29) is 0 Å².